The Morgan fingerprint density at radius 2 is 1.59 bits per heavy atom. The van der Waals surface area contributed by atoms with Crippen molar-refractivity contribution in [2.45, 2.75) is 55.7 Å². The van der Waals surface area contributed by atoms with E-state index in [0.717, 1.165) is 0 Å². The number of nitrogens with one attached hydrogen (secondary N) is 1. The van der Waals surface area contributed by atoms with Crippen LogP contribution in [-0.4, -0.2) is 43.9 Å². The molecule has 0 radical (unpaired) electrons. The molecule has 2 rings (SSSR count). The normalized spacial score (nSPS) is 29.0. The smallest absolute Gasteiger partial charge is 0.459 e. The second-order valence-electron chi connectivity index (χ2n) is 6.77. The molecule has 1 N–H and O–H groups in total. The maximum Gasteiger partial charge on any atom is 0.461 e. The molecule has 2 aliphatic carbocycles. The second-order valence-corrected chi connectivity index (χ2v) is 8.52. The van der Waals surface area contributed by atoms with Crippen molar-refractivity contribution in [2.24, 2.45) is 11.8 Å². The number of carbonyl (C=O) groups excluding carboxylic acids is 1. The molecule has 0 spiro atoms. The molecule has 0 aromatic carbocycles. The van der Waals surface area contributed by atoms with Crippen LogP contribution in [0.3, 0.4) is 0 Å². The van der Waals surface area contributed by atoms with Gasteiger partial charge in [-0.15, -0.1) is 0 Å². The van der Waals surface area contributed by atoms with E-state index in [1.807, 2.05) is 0 Å². The Bertz CT molecular complexity index is 734. The number of ether oxygens (including phenoxy) is 1. The third-order valence-corrected chi connectivity index (χ3v) is 6.31. The van der Waals surface area contributed by atoms with Crippen molar-refractivity contribution >= 4 is 16.0 Å². The molecule has 4 atom stereocenters. The molecule has 0 aromatic heterocycles. The maximum atomic E-state index is 13.5. The van der Waals surface area contributed by atoms with E-state index in [9.17, 15) is 43.9 Å². The molecule has 0 aromatic rings. The van der Waals surface area contributed by atoms with E-state index in [1.165, 1.54) is 11.6 Å². The first kappa shape index (κ1) is 21.9. The number of alkyl halides is 7. The summed E-state index contributed by atoms with van der Waals surface area (Å²) in [6.07, 6.45) is -7.19. The average Bonchev–Trinajstić information content (AvgIpc) is 3.04. The minimum absolute atomic E-state index is 0.0676. The summed E-state index contributed by atoms with van der Waals surface area (Å²) in [7, 11) is -6.34. The number of fused-ring (bicyclic) bond motifs is 2. The topological polar surface area (TPSA) is 72.5 Å². The van der Waals surface area contributed by atoms with E-state index < -0.39 is 57.3 Å². The zero-order valence-corrected chi connectivity index (χ0v) is 14.6. The highest BCUT2D eigenvalue weighted by atomic mass is 32.2. The summed E-state index contributed by atoms with van der Waals surface area (Å²) < 4.78 is 119. The Morgan fingerprint density at radius 3 is 2.00 bits per heavy atom. The Labute approximate surface area is 150 Å². The van der Waals surface area contributed by atoms with Crippen LogP contribution in [0.1, 0.15) is 26.2 Å². The van der Waals surface area contributed by atoms with Gasteiger partial charge in [-0.05, 0) is 38.0 Å². The molecule has 0 heterocycles. The van der Waals surface area contributed by atoms with E-state index in [2.05, 4.69) is 6.58 Å². The first-order valence-corrected chi connectivity index (χ1v) is 9.20. The van der Waals surface area contributed by atoms with Crippen molar-refractivity contribution in [3.8, 4) is 0 Å². The molecule has 0 amide bonds. The van der Waals surface area contributed by atoms with Crippen LogP contribution in [0, 0.1) is 11.8 Å². The van der Waals surface area contributed by atoms with Gasteiger partial charge in [-0.2, -0.15) is 30.7 Å². The zero-order valence-electron chi connectivity index (χ0n) is 13.8. The molecule has 5 nitrogen and oxygen atoms in total. The molecule has 13 heteroatoms. The minimum atomic E-state index is -6.76. The lowest BCUT2D eigenvalue weighted by atomic mass is 9.94. The van der Waals surface area contributed by atoms with Crippen molar-refractivity contribution in [3.63, 3.8) is 0 Å². The van der Waals surface area contributed by atoms with Crippen LogP contribution in [0.15, 0.2) is 12.2 Å². The highest BCUT2D eigenvalue weighted by molar-refractivity contribution is 7.90. The van der Waals surface area contributed by atoms with Crippen molar-refractivity contribution in [1.82, 2.24) is 4.72 Å². The lowest BCUT2D eigenvalue weighted by Gasteiger charge is -2.32. The van der Waals surface area contributed by atoms with Crippen LogP contribution in [0.5, 0.6) is 0 Å². The third-order valence-electron chi connectivity index (χ3n) is 4.76. The van der Waals surface area contributed by atoms with Crippen LogP contribution in [0.2, 0.25) is 0 Å². The molecule has 156 valence electrons. The average molecular weight is 427 g/mol. The first-order valence-electron chi connectivity index (χ1n) is 7.72. The molecule has 27 heavy (non-hydrogen) atoms. The monoisotopic (exact) mass is 427 g/mol. The fraction of sp³-hybridized carbons (Fsp3) is 0.786. The summed E-state index contributed by atoms with van der Waals surface area (Å²) in [6, 6.07) is -1.25. The summed E-state index contributed by atoms with van der Waals surface area (Å²) in [4.78, 5) is 11.5. The van der Waals surface area contributed by atoms with Crippen LogP contribution in [0.4, 0.5) is 30.7 Å². The molecule has 0 aliphatic heterocycles. The van der Waals surface area contributed by atoms with Crippen LogP contribution >= 0.6 is 0 Å². The molecule has 2 aliphatic rings. The minimum Gasteiger partial charge on any atom is -0.459 e. The van der Waals surface area contributed by atoms with Gasteiger partial charge < -0.3 is 4.74 Å². The molecule has 2 saturated carbocycles. The van der Waals surface area contributed by atoms with E-state index in [1.54, 1.807) is 0 Å². The number of hydrogen-bond acceptors (Lipinski definition) is 4. The number of esters is 1. The van der Waals surface area contributed by atoms with Gasteiger partial charge in [0.2, 0.25) is 0 Å². The lowest BCUT2D eigenvalue weighted by Crippen LogP contribution is -2.60. The zero-order chi connectivity index (χ0) is 21.0. The Balaban J connectivity index is 2.09. The molecule has 0 saturated heterocycles. The highest BCUT2D eigenvalue weighted by Crippen LogP contribution is 2.51. The molecule has 4 unspecified atom stereocenters. The van der Waals surface area contributed by atoms with Crippen molar-refractivity contribution in [1.29, 1.82) is 0 Å². The standard InChI is InChI=1S/C14H16F7NO4S/c1-6(2)11(23)26-10-5-7-3-8(10)4-9(7)22-27(24,25)14(20,21)12(15,16)13(17,18)19/h7-10,22H,1,3-5H2,2H3. The van der Waals surface area contributed by atoms with Crippen LogP contribution in [-0.2, 0) is 19.6 Å². The van der Waals surface area contributed by atoms with Crippen molar-refractivity contribution in [3.05, 3.63) is 12.2 Å². The van der Waals surface area contributed by atoms with E-state index in [0.29, 0.717) is 0 Å². The SMILES string of the molecule is C=C(C)C(=O)OC1CC2CC1CC2NS(=O)(=O)C(F)(F)C(F)(F)C(F)(F)F. The molecule has 2 fully saturated rings. The lowest BCUT2D eigenvalue weighted by molar-refractivity contribution is -0.332. The summed E-state index contributed by atoms with van der Waals surface area (Å²) in [5.74, 6) is -8.52. The van der Waals surface area contributed by atoms with Gasteiger partial charge in [0.25, 0.3) is 10.0 Å². The van der Waals surface area contributed by atoms with Gasteiger partial charge in [0.1, 0.15) is 6.10 Å². The summed E-state index contributed by atoms with van der Waals surface area (Å²) in [5.41, 5.74) is 0.115. The van der Waals surface area contributed by atoms with Gasteiger partial charge in [-0.3, -0.25) is 0 Å². The molecule has 2 bridgehead atoms. The van der Waals surface area contributed by atoms with Gasteiger partial charge >= 0.3 is 23.3 Å². The number of hydrogen-bond donors (Lipinski definition) is 1. The number of sulfonamides is 1. The number of carbonyl (C=O) groups is 1. The van der Waals surface area contributed by atoms with Gasteiger partial charge in [0.05, 0.1) is 0 Å². The van der Waals surface area contributed by atoms with Gasteiger partial charge in [0.15, 0.2) is 0 Å². The largest absolute Gasteiger partial charge is 0.461 e. The predicted octanol–water partition coefficient (Wildman–Crippen LogP) is 2.98. The van der Waals surface area contributed by atoms with Crippen LogP contribution in [0.25, 0.3) is 0 Å². The quantitative estimate of drug-likeness (QED) is 0.402. The number of rotatable bonds is 6. The second kappa shape index (κ2) is 6.61. The fourth-order valence-corrected chi connectivity index (χ4v) is 4.65. The highest BCUT2D eigenvalue weighted by Gasteiger charge is 2.79. The predicted molar refractivity (Wildman–Crippen MR) is 77.3 cm³/mol. The molecular weight excluding hydrogens is 411 g/mol. The molecular formula is C14H16F7NO4S. The van der Waals surface area contributed by atoms with Crippen molar-refractivity contribution < 1.29 is 48.7 Å². The van der Waals surface area contributed by atoms with E-state index >= 15 is 0 Å². The summed E-state index contributed by atoms with van der Waals surface area (Å²) in [6.45, 7) is 4.78. The Kier molecular flexibility index (Phi) is 5.36. The first-order chi connectivity index (χ1) is 12.0. The van der Waals surface area contributed by atoms with Crippen molar-refractivity contribution in [2.75, 3.05) is 0 Å². The summed E-state index contributed by atoms with van der Waals surface area (Å²) in [5, 5.41) is -6.38. The number of halogens is 7. The maximum absolute atomic E-state index is 13.5. The van der Waals surface area contributed by atoms with Gasteiger partial charge in [0, 0.05) is 11.6 Å². The van der Waals surface area contributed by atoms with E-state index in [-0.39, 0.29) is 24.8 Å². The van der Waals surface area contributed by atoms with Gasteiger partial charge in [-0.25, -0.2) is 17.9 Å². The summed E-state index contributed by atoms with van der Waals surface area (Å²) >= 11 is 0. The Hall–Kier alpha value is -1.37. The third kappa shape index (κ3) is 3.67. The van der Waals surface area contributed by atoms with Gasteiger partial charge in [-0.1, -0.05) is 6.58 Å². The Morgan fingerprint density at radius 1 is 1.04 bits per heavy atom. The van der Waals surface area contributed by atoms with E-state index in [4.69, 9.17) is 4.74 Å². The fourth-order valence-electron chi connectivity index (χ4n) is 3.36. The van der Waals surface area contributed by atoms with Crippen LogP contribution < -0.4 is 4.72 Å².